The molecule has 2 aromatic rings. The first-order valence-corrected chi connectivity index (χ1v) is 7.31. The molecule has 0 spiro atoms. The van der Waals surface area contributed by atoms with E-state index in [1.807, 2.05) is 5.32 Å². The molecule has 0 aromatic heterocycles. The third-order valence-electron chi connectivity index (χ3n) is 3.62. The van der Waals surface area contributed by atoms with Gasteiger partial charge < -0.3 is 18.6 Å². The number of nitrogens with zero attached hydrogens (tertiary/aromatic N) is 1. The highest BCUT2D eigenvalue weighted by Gasteiger charge is 2.39. The minimum atomic E-state index is -5.08. The predicted molar refractivity (Wildman–Crippen MR) is 82.3 cm³/mol. The van der Waals surface area contributed by atoms with E-state index in [9.17, 15) is 35.0 Å². The molecule has 144 valence electrons. The predicted octanol–water partition coefficient (Wildman–Crippen LogP) is 4.94. The summed E-state index contributed by atoms with van der Waals surface area (Å²) in [5.41, 5.74) is -4.69. The minimum Gasteiger partial charge on any atom is -0.633 e. The van der Waals surface area contributed by atoms with Crippen LogP contribution in [0.5, 0.6) is 0 Å². The van der Waals surface area contributed by atoms with Gasteiger partial charge in [-0.1, -0.05) is 23.7 Å². The zero-order valence-corrected chi connectivity index (χ0v) is 13.0. The Morgan fingerprint density at radius 3 is 1.96 bits per heavy atom. The molecule has 1 heterocycles. The zero-order valence-electron chi connectivity index (χ0n) is 13.0. The van der Waals surface area contributed by atoms with Crippen molar-refractivity contribution in [3.63, 3.8) is 0 Å². The minimum absolute atomic E-state index is 0.0808. The van der Waals surface area contributed by atoms with Crippen LogP contribution in [-0.4, -0.2) is 12.9 Å². The van der Waals surface area contributed by atoms with E-state index >= 15 is 0 Å². The zero-order chi connectivity index (χ0) is 20.0. The van der Waals surface area contributed by atoms with Crippen LogP contribution in [0, 0.1) is 0 Å². The number of para-hydroxylation sites is 1. The van der Waals surface area contributed by atoms with Crippen molar-refractivity contribution in [1.82, 2.24) is 0 Å². The Bertz CT molecular complexity index is 875. The molecule has 0 saturated heterocycles. The van der Waals surface area contributed by atoms with E-state index in [0.29, 0.717) is 12.1 Å². The number of nitrogens with one attached hydrogen (secondary N) is 1. The summed E-state index contributed by atoms with van der Waals surface area (Å²) < 4.78 is 110. The summed E-state index contributed by atoms with van der Waals surface area (Å²) in [6.07, 6.45) is -10.2. The molecule has 1 aliphatic heterocycles. The largest absolute Gasteiger partial charge is 0.633 e. The third-order valence-corrected chi connectivity index (χ3v) is 3.62. The van der Waals surface area contributed by atoms with Crippen molar-refractivity contribution < 1.29 is 39.6 Å². The molecule has 0 bridgehead atoms. The van der Waals surface area contributed by atoms with Gasteiger partial charge in [0.25, 0.3) is 0 Å². The first-order chi connectivity index (χ1) is 12.4. The Morgan fingerprint density at radius 2 is 1.41 bits per heavy atom. The molecule has 12 heteroatoms. The highest BCUT2D eigenvalue weighted by molar-refractivity contribution is 6.77. The first-order valence-electron chi connectivity index (χ1n) is 7.31. The van der Waals surface area contributed by atoms with Crippen molar-refractivity contribution in [1.29, 1.82) is 0 Å². The Balaban J connectivity index is 2.02. The lowest BCUT2D eigenvalue weighted by molar-refractivity contribution is -0.143. The van der Waals surface area contributed by atoms with E-state index in [2.05, 4.69) is 9.65 Å². The van der Waals surface area contributed by atoms with Crippen LogP contribution in [0.1, 0.15) is 11.1 Å². The topological polar surface area (TPSA) is 33.6 Å². The maximum absolute atomic E-state index is 14.0. The van der Waals surface area contributed by atoms with Crippen molar-refractivity contribution >= 4 is 29.8 Å². The molecule has 0 unspecified atom stereocenters. The van der Waals surface area contributed by atoms with Gasteiger partial charge in [0.05, 0.1) is 11.1 Å². The van der Waals surface area contributed by atoms with E-state index in [1.165, 1.54) is 18.2 Å². The lowest BCUT2D eigenvalue weighted by atomic mass is 9.74. The van der Waals surface area contributed by atoms with Gasteiger partial charge in [0.2, 0.25) is 6.02 Å². The molecule has 3 nitrogen and oxygen atoms in total. The smallest absolute Gasteiger partial charge is 0.537 e. The van der Waals surface area contributed by atoms with Crippen LogP contribution in [0.15, 0.2) is 47.5 Å². The molecule has 0 radical (unpaired) electrons. The monoisotopic (exact) mass is 395 g/mol. The van der Waals surface area contributed by atoms with Crippen molar-refractivity contribution in [2.24, 2.45) is 4.99 Å². The molecule has 1 aliphatic rings. The highest BCUT2D eigenvalue weighted by atomic mass is 19.4. The van der Waals surface area contributed by atoms with Gasteiger partial charge in [0, 0.05) is 11.4 Å². The van der Waals surface area contributed by atoms with E-state index in [-0.39, 0.29) is 11.8 Å². The second-order valence-corrected chi connectivity index (χ2v) is 5.61. The van der Waals surface area contributed by atoms with Crippen molar-refractivity contribution in [2.45, 2.75) is 12.4 Å². The molecule has 0 fully saturated rings. The Hall–Kier alpha value is -2.79. The lowest BCUT2D eigenvalue weighted by Gasteiger charge is -2.33. The van der Waals surface area contributed by atoms with Gasteiger partial charge in [-0.2, -0.15) is 26.3 Å². The van der Waals surface area contributed by atoms with Gasteiger partial charge in [-0.05, 0) is 24.3 Å². The summed E-state index contributed by atoms with van der Waals surface area (Å²) in [6.45, 7) is -4.59. The Kier molecular flexibility index (Phi) is 4.31. The number of rotatable bonds is 1. The summed E-state index contributed by atoms with van der Waals surface area (Å²) in [7, 11) is 0. The lowest BCUT2D eigenvalue weighted by Crippen LogP contribution is -2.48. The number of hydrogen-bond acceptors (Lipinski definition) is 3. The van der Waals surface area contributed by atoms with Crippen LogP contribution in [0.4, 0.5) is 46.3 Å². The summed E-state index contributed by atoms with van der Waals surface area (Å²) in [4.78, 5) is 3.68. The number of alkyl halides is 6. The quantitative estimate of drug-likeness (QED) is 0.549. The number of anilines is 1. The Morgan fingerprint density at radius 1 is 0.852 bits per heavy atom. The number of amidine groups is 1. The van der Waals surface area contributed by atoms with Crippen LogP contribution >= 0.6 is 0 Å². The average molecular weight is 395 g/mol. The summed E-state index contributed by atoms with van der Waals surface area (Å²) in [5, 5.41) is 1.97. The molecule has 27 heavy (non-hydrogen) atoms. The van der Waals surface area contributed by atoms with Crippen molar-refractivity contribution in [3.8, 4) is 0 Å². The van der Waals surface area contributed by atoms with Gasteiger partial charge in [0.15, 0.2) is 0 Å². The van der Waals surface area contributed by atoms with Crippen molar-refractivity contribution in [2.75, 3.05) is 5.32 Å². The SMILES string of the molecule is F[B-]1(F)OC(Nc2cc(C(F)(F)F)cc(C(F)(F)F)c2)=Nc2ccccc21. The van der Waals surface area contributed by atoms with E-state index in [4.69, 9.17) is 0 Å². The van der Waals surface area contributed by atoms with Crippen LogP contribution < -0.4 is 10.8 Å². The molecular formula is C15H8BF8N2O-. The third kappa shape index (κ3) is 3.98. The maximum atomic E-state index is 14.0. The molecule has 0 aliphatic carbocycles. The molecule has 0 atom stereocenters. The highest BCUT2D eigenvalue weighted by Crippen LogP contribution is 2.37. The fraction of sp³-hybridized carbons (Fsp3) is 0.133. The van der Waals surface area contributed by atoms with Gasteiger partial charge >= 0.3 is 19.3 Å². The number of halogens is 8. The first kappa shape index (κ1) is 19.0. The molecule has 0 saturated carbocycles. The van der Waals surface area contributed by atoms with Gasteiger partial charge in [-0.3, -0.25) is 0 Å². The number of hydrogen-bond donors (Lipinski definition) is 1. The second-order valence-electron chi connectivity index (χ2n) is 5.61. The fourth-order valence-corrected chi connectivity index (χ4v) is 2.42. The maximum Gasteiger partial charge on any atom is 0.537 e. The molecule has 3 rings (SSSR count). The summed E-state index contributed by atoms with van der Waals surface area (Å²) in [6, 6.07) is 4.66. The Labute approximate surface area is 146 Å². The fourth-order valence-electron chi connectivity index (χ4n) is 2.42. The number of aliphatic imine (C=N–C) groups is 1. The van der Waals surface area contributed by atoms with Crippen LogP contribution in [0.2, 0.25) is 0 Å². The number of benzene rings is 2. The van der Waals surface area contributed by atoms with Gasteiger partial charge in [0.1, 0.15) is 0 Å². The van der Waals surface area contributed by atoms with E-state index < -0.39 is 47.6 Å². The summed E-state index contributed by atoms with van der Waals surface area (Å²) in [5.74, 6) is 0. The van der Waals surface area contributed by atoms with E-state index in [1.54, 1.807) is 0 Å². The van der Waals surface area contributed by atoms with Gasteiger partial charge in [-0.25, -0.2) is 4.99 Å². The summed E-state index contributed by atoms with van der Waals surface area (Å²) >= 11 is 0. The second kappa shape index (κ2) is 6.13. The average Bonchev–Trinajstić information content (AvgIpc) is 2.52. The molecule has 0 amide bonds. The molecule has 1 N–H and O–H groups in total. The van der Waals surface area contributed by atoms with Crippen LogP contribution in [0.25, 0.3) is 0 Å². The van der Waals surface area contributed by atoms with E-state index in [0.717, 1.165) is 6.07 Å². The number of fused-ring (bicyclic) bond motifs is 1. The van der Waals surface area contributed by atoms with Crippen molar-refractivity contribution in [3.05, 3.63) is 53.6 Å². The van der Waals surface area contributed by atoms with Crippen LogP contribution in [-0.2, 0) is 17.0 Å². The normalized spacial score (nSPS) is 16.2. The molecular weight excluding hydrogens is 387 g/mol. The standard InChI is InChI=1S/C15H8BF8N2O/c17-14(18,19)8-5-9(15(20,21)22)7-10(6-8)25-13-26-12-4-2-1-3-11(12)16(23,24)27-13/h1-7H,(H,25,26)/q-1. The van der Waals surface area contributed by atoms with Gasteiger partial charge in [-0.15, -0.1) is 0 Å². The van der Waals surface area contributed by atoms with Crippen LogP contribution in [0.3, 0.4) is 0 Å². The molecule has 2 aromatic carbocycles.